The molecular weight excluding hydrogens is 533 g/mol. The molecule has 0 fully saturated rings. The Labute approximate surface area is 222 Å². The predicted octanol–water partition coefficient (Wildman–Crippen LogP) is 8.78. The van der Waals surface area contributed by atoms with Gasteiger partial charge in [-0.1, -0.05) is 36.4 Å². The highest BCUT2D eigenvalue weighted by molar-refractivity contribution is 8.30. The fourth-order valence-electron chi connectivity index (χ4n) is 3.80. The van der Waals surface area contributed by atoms with Gasteiger partial charge >= 0.3 is 16.3 Å². The molecule has 0 aliphatic carbocycles. The van der Waals surface area contributed by atoms with E-state index in [0.29, 0.717) is 20.4 Å². The molecule has 0 heterocycles. The molecular formula is C29H28F3O4S2+. The highest BCUT2D eigenvalue weighted by Gasteiger charge is 2.46. The zero-order chi connectivity index (χ0) is 27.6. The number of hydrogen-bond donors (Lipinski definition) is 1. The van der Waals surface area contributed by atoms with Gasteiger partial charge in [-0.25, -0.2) is 4.55 Å². The van der Waals surface area contributed by atoms with Gasteiger partial charge in [0.15, 0.2) is 10.3 Å². The molecule has 200 valence electrons. The highest BCUT2D eigenvalue weighted by Crippen LogP contribution is 2.68. The largest absolute Gasteiger partial charge is 0.488 e. The third-order valence-corrected chi connectivity index (χ3v) is 10.6. The van der Waals surface area contributed by atoms with Crippen LogP contribution in [0.25, 0.3) is 0 Å². The maximum Gasteiger partial charge on any atom is 0.454 e. The molecule has 9 heteroatoms. The quantitative estimate of drug-likeness (QED) is 0.189. The molecule has 0 bridgehead atoms. The summed E-state index contributed by atoms with van der Waals surface area (Å²) in [7, 11) is -7.12. The van der Waals surface area contributed by atoms with E-state index >= 15 is 0 Å². The second kappa shape index (κ2) is 10.5. The van der Waals surface area contributed by atoms with Crippen LogP contribution in [0, 0.1) is 0 Å². The third kappa shape index (κ3) is 6.06. The summed E-state index contributed by atoms with van der Waals surface area (Å²) in [5, 5.41) is 0. The lowest BCUT2D eigenvalue weighted by Crippen LogP contribution is -2.22. The average Bonchev–Trinajstić information content (AvgIpc) is 2.87. The van der Waals surface area contributed by atoms with Crippen molar-refractivity contribution in [1.82, 2.24) is 0 Å². The van der Waals surface area contributed by atoms with Crippen molar-refractivity contribution in [2.24, 2.45) is 0 Å². The van der Waals surface area contributed by atoms with Crippen molar-refractivity contribution in [3.05, 3.63) is 115 Å². The Morgan fingerprint density at radius 1 is 0.658 bits per heavy atom. The second-order valence-electron chi connectivity index (χ2n) is 9.43. The van der Waals surface area contributed by atoms with Crippen molar-refractivity contribution in [3.8, 4) is 5.75 Å². The lowest BCUT2D eigenvalue weighted by Gasteiger charge is -2.26. The molecule has 4 rings (SSSR count). The topological polar surface area (TPSA) is 57.8 Å². The molecule has 4 aromatic rings. The van der Waals surface area contributed by atoms with Crippen molar-refractivity contribution < 1.29 is 30.0 Å². The standard InChI is InChI=1S/C29H27F3O4S2/c1-28(2,3)35-23-16-20-26(21-17-23)37(24-10-6-4-7-11-24,25-12-8-5-9-13-25)36-38(33,34)27-18-14-22(15-19-27)29(30,31)32/h4-21H,1-3H3/p+1. The van der Waals surface area contributed by atoms with Gasteiger partial charge in [0.1, 0.15) is 16.2 Å². The van der Waals surface area contributed by atoms with Crippen LogP contribution in [0.2, 0.25) is 0 Å². The number of benzene rings is 4. The summed E-state index contributed by atoms with van der Waals surface area (Å²) in [5.74, 6) is 0.614. The summed E-state index contributed by atoms with van der Waals surface area (Å²) in [4.78, 5) is 1.64. The van der Waals surface area contributed by atoms with E-state index in [-0.39, 0.29) is 4.90 Å². The number of rotatable bonds is 6. The van der Waals surface area contributed by atoms with Crippen LogP contribution in [0.4, 0.5) is 13.2 Å². The van der Waals surface area contributed by atoms with Crippen LogP contribution in [0.1, 0.15) is 26.3 Å². The van der Waals surface area contributed by atoms with E-state index in [2.05, 4.69) is 0 Å². The molecule has 0 spiro atoms. The van der Waals surface area contributed by atoms with E-state index < -0.39 is 37.8 Å². The van der Waals surface area contributed by atoms with Crippen molar-refractivity contribution >= 4 is 20.4 Å². The molecule has 0 saturated carbocycles. The van der Waals surface area contributed by atoms with Crippen molar-refractivity contribution in [2.75, 3.05) is 0 Å². The van der Waals surface area contributed by atoms with Gasteiger partial charge in [0, 0.05) is 0 Å². The van der Waals surface area contributed by atoms with Gasteiger partial charge < -0.3 is 4.74 Å². The Bertz CT molecular complexity index is 1450. The van der Waals surface area contributed by atoms with Crippen LogP contribution in [-0.2, 0) is 19.6 Å². The minimum atomic E-state index is -4.57. The lowest BCUT2D eigenvalue weighted by atomic mass is 10.2. The summed E-state index contributed by atoms with van der Waals surface area (Å²) < 4.78 is 76.6. The van der Waals surface area contributed by atoms with E-state index in [9.17, 15) is 21.9 Å². The van der Waals surface area contributed by atoms with Crippen LogP contribution in [-0.4, -0.2) is 14.4 Å². The molecule has 0 amide bonds. The summed E-state index contributed by atoms with van der Waals surface area (Å²) in [5.41, 5.74) is -1.35. The lowest BCUT2D eigenvalue weighted by molar-refractivity contribution is -0.137. The van der Waals surface area contributed by atoms with Crippen molar-refractivity contribution in [3.63, 3.8) is 0 Å². The molecule has 1 atom stereocenters. The van der Waals surface area contributed by atoms with Gasteiger partial charge in [-0.3, -0.25) is 0 Å². The van der Waals surface area contributed by atoms with E-state index in [1.54, 1.807) is 48.5 Å². The summed E-state index contributed by atoms with van der Waals surface area (Å²) in [6, 6.07) is 28.7. The molecule has 1 unspecified atom stereocenters. The Morgan fingerprint density at radius 2 is 1.08 bits per heavy atom. The first-order chi connectivity index (χ1) is 17.8. The van der Waals surface area contributed by atoms with Crippen LogP contribution in [0.3, 0.4) is 0 Å². The minimum Gasteiger partial charge on any atom is -0.488 e. The normalized spacial score (nSPS) is 14.4. The molecule has 4 nitrogen and oxygen atoms in total. The van der Waals surface area contributed by atoms with Gasteiger partial charge in [0.2, 0.25) is 0 Å². The average molecular weight is 562 g/mol. The maximum atomic E-state index is 13.8. The molecule has 4 aromatic carbocycles. The Kier molecular flexibility index (Phi) is 7.65. The Morgan fingerprint density at radius 3 is 1.50 bits per heavy atom. The SMILES string of the molecule is CC(C)(C)Oc1ccc(S([O+]=S(=O)(O)c2ccc(C(F)(F)F)cc2)(c2ccccc2)c2ccccc2)cc1. The van der Waals surface area contributed by atoms with Crippen molar-refractivity contribution in [1.29, 1.82) is 0 Å². The van der Waals surface area contributed by atoms with Gasteiger partial charge in [0.25, 0.3) is 0 Å². The van der Waals surface area contributed by atoms with Gasteiger partial charge in [0.05, 0.1) is 20.2 Å². The first-order valence-corrected chi connectivity index (χ1v) is 14.7. The molecule has 0 radical (unpaired) electrons. The molecule has 0 saturated heterocycles. The van der Waals surface area contributed by atoms with E-state index in [1.807, 2.05) is 57.2 Å². The summed E-state index contributed by atoms with van der Waals surface area (Å²) >= 11 is 0. The summed E-state index contributed by atoms with van der Waals surface area (Å²) in [6.07, 6.45) is -4.57. The Balaban J connectivity index is 1.99. The zero-order valence-corrected chi connectivity index (χ0v) is 22.6. The number of halogens is 3. The number of ether oxygens (including phenoxy) is 1. The number of alkyl halides is 3. The molecule has 38 heavy (non-hydrogen) atoms. The smallest absolute Gasteiger partial charge is 0.454 e. The van der Waals surface area contributed by atoms with Crippen molar-refractivity contribution in [2.45, 2.75) is 52.1 Å². The second-order valence-corrected chi connectivity index (χ2v) is 13.9. The first-order valence-electron chi connectivity index (χ1n) is 11.7. The fraction of sp³-hybridized carbons (Fsp3) is 0.172. The van der Waals surface area contributed by atoms with Crippen LogP contribution in [0.5, 0.6) is 5.75 Å². The molecule has 0 aromatic heterocycles. The van der Waals surface area contributed by atoms with E-state index in [4.69, 9.17) is 8.02 Å². The van der Waals surface area contributed by atoms with Crippen LogP contribution >= 0.6 is 10.3 Å². The van der Waals surface area contributed by atoms with Crippen LogP contribution in [0.15, 0.2) is 129 Å². The summed E-state index contributed by atoms with van der Waals surface area (Å²) in [6.45, 7) is 5.79. The minimum absolute atomic E-state index is 0.262. The van der Waals surface area contributed by atoms with Crippen LogP contribution < -0.4 is 4.74 Å². The number of hydrogen-bond acceptors (Lipinski definition) is 2. The van der Waals surface area contributed by atoms with Gasteiger partial charge in [-0.15, -0.1) is 7.49 Å². The highest BCUT2D eigenvalue weighted by atomic mass is 32.3. The fourth-order valence-corrected chi connectivity index (χ4v) is 9.06. The predicted molar refractivity (Wildman–Crippen MR) is 143 cm³/mol. The monoisotopic (exact) mass is 561 g/mol. The van der Waals surface area contributed by atoms with Gasteiger partial charge in [-0.2, -0.15) is 13.2 Å². The zero-order valence-electron chi connectivity index (χ0n) is 21.0. The first kappa shape index (κ1) is 27.8. The Hall–Kier alpha value is -3.27. The molecule has 0 aliphatic rings. The van der Waals surface area contributed by atoms with E-state index in [0.717, 1.165) is 24.3 Å². The molecule has 0 aliphatic heterocycles. The maximum absolute atomic E-state index is 13.8. The van der Waals surface area contributed by atoms with Gasteiger partial charge in [-0.05, 0) is 93.6 Å². The molecule has 1 N–H and O–H groups in total. The third-order valence-electron chi connectivity index (χ3n) is 5.40. The van der Waals surface area contributed by atoms with E-state index in [1.165, 1.54) is 0 Å².